The monoisotopic (exact) mass is 341 g/mol. The fraction of sp³-hybridized carbons (Fsp3) is 0.333. The number of aromatic nitrogens is 2. The van der Waals surface area contributed by atoms with Crippen molar-refractivity contribution in [3.8, 4) is 0 Å². The summed E-state index contributed by atoms with van der Waals surface area (Å²) in [5.74, 6) is 0.955. The number of benzene rings is 1. The summed E-state index contributed by atoms with van der Waals surface area (Å²) in [5, 5.41) is 1.12. The Bertz CT molecular complexity index is 866. The van der Waals surface area contributed by atoms with Crippen LogP contribution in [0, 0.1) is 6.92 Å². The quantitative estimate of drug-likeness (QED) is 0.719. The molecule has 1 aliphatic rings. The van der Waals surface area contributed by atoms with Gasteiger partial charge in [0.25, 0.3) is 5.91 Å². The van der Waals surface area contributed by atoms with Crippen LogP contribution in [-0.4, -0.2) is 40.1 Å². The van der Waals surface area contributed by atoms with Crippen LogP contribution in [0.3, 0.4) is 0 Å². The van der Waals surface area contributed by atoms with Gasteiger partial charge in [0.2, 0.25) is 0 Å². The van der Waals surface area contributed by atoms with E-state index in [1.54, 1.807) is 11.3 Å². The molecule has 1 atom stereocenters. The van der Waals surface area contributed by atoms with Gasteiger partial charge in [0.15, 0.2) is 0 Å². The molecule has 2 aromatic heterocycles. The third-order valence-electron chi connectivity index (χ3n) is 4.31. The number of hydrogen-bond donors (Lipinski definition) is 0. The molecule has 0 saturated carbocycles. The molecule has 0 N–H and O–H groups in total. The van der Waals surface area contributed by atoms with E-state index in [1.165, 1.54) is 0 Å². The molecule has 1 amide bonds. The molecular formula is C18H19N3O2S. The van der Waals surface area contributed by atoms with Crippen molar-refractivity contribution in [1.82, 2.24) is 14.5 Å². The Morgan fingerprint density at radius 2 is 2.21 bits per heavy atom. The predicted octanol–water partition coefficient (Wildman–Crippen LogP) is 3.16. The molecule has 0 aliphatic carbocycles. The normalized spacial score (nSPS) is 18.2. The van der Waals surface area contributed by atoms with Gasteiger partial charge in [-0.05, 0) is 24.4 Å². The Balaban J connectivity index is 1.57. The van der Waals surface area contributed by atoms with Gasteiger partial charge in [-0.2, -0.15) is 0 Å². The van der Waals surface area contributed by atoms with E-state index in [4.69, 9.17) is 4.74 Å². The molecule has 124 valence electrons. The molecule has 1 fully saturated rings. The van der Waals surface area contributed by atoms with Crippen LogP contribution in [0.4, 0.5) is 0 Å². The largest absolute Gasteiger partial charge is 0.367 e. The maximum absolute atomic E-state index is 12.9. The molecule has 5 nitrogen and oxygen atoms in total. The number of nitrogens with zero attached hydrogens (tertiary/aromatic N) is 3. The molecule has 6 heteroatoms. The average Bonchev–Trinajstić information content (AvgIpc) is 3.17. The second-order valence-electron chi connectivity index (χ2n) is 6.11. The van der Waals surface area contributed by atoms with Crippen molar-refractivity contribution in [3.63, 3.8) is 0 Å². The lowest BCUT2D eigenvalue weighted by Crippen LogP contribution is -2.42. The first-order valence-electron chi connectivity index (χ1n) is 8.01. The molecule has 3 heterocycles. The maximum Gasteiger partial charge on any atom is 0.264 e. The van der Waals surface area contributed by atoms with Crippen LogP contribution in [0.15, 0.2) is 36.5 Å². The topological polar surface area (TPSA) is 47.4 Å². The summed E-state index contributed by atoms with van der Waals surface area (Å²) in [5.41, 5.74) is 0.962. The predicted molar refractivity (Wildman–Crippen MR) is 94.4 cm³/mol. The van der Waals surface area contributed by atoms with Crippen LogP contribution >= 0.6 is 11.3 Å². The van der Waals surface area contributed by atoms with Crippen LogP contribution in [0.1, 0.15) is 27.3 Å². The highest BCUT2D eigenvalue weighted by Crippen LogP contribution is 2.28. The number of hydrogen-bond acceptors (Lipinski definition) is 4. The van der Waals surface area contributed by atoms with Gasteiger partial charge >= 0.3 is 0 Å². The molecule has 0 bridgehead atoms. The van der Waals surface area contributed by atoms with E-state index in [0.717, 1.165) is 26.5 Å². The van der Waals surface area contributed by atoms with Crippen molar-refractivity contribution >= 4 is 27.3 Å². The summed E-state index contributed by atoms with van der Waals surface area (Å²) in [6.45, 7) is 3.66. The number of ether oxygens (including phenoxy) is 1. The first-order valence-corrected chi connectivity index (χ1v) is 8.83. The molecule has 1 unspecified atom stereocenters. The first-order chi connectivity index (χ1) is 11.6. The second-order valence-corrected chi connectivity index (χ2v) is 7.19. The van der Waals surface area contributed by atoms with E-state index in [1.807, 2.05) is 53.9 Å². The Kier molecular flexibility index (Phi) is 3.86. The van der Waals surface area contributed by atoms with Gasteiger partial charge in [0.05, 0.1) is 23.7 Å². The van der Waals surface area contributed by atoms with E-state index in [0.29, 0.717) is 19.7 Å². The highest BCUT2D eigenvalue weighted by Gasteiger charge is 2.29. The highest BCUT2D eigenvalue weighted by atomic mass is 32.1. The number of carbonyl (C=O) groups excluding carboxylic acids is 1. The van der Waals surface area contributed by atoms with Crippen LogP contribution in [0.5, 0.6) is 0 Å². The maximum atomic E-state index is 12.9. The summed E-state index contributed by atoms with van der Waals surface area (Å²) in [4.78, 5) is 20.1. The van der Waals surface area contributed by atoms with Crippen LogP contribution in [-0.2, 0) is 11.8 Å². The van der Waals surface area contributed by atoms with Gasteiger partial charge in [-0.3, -0.25) is 4.79 Å². The summed E-state index contributed by atoms with van der Waals surface area (Å²) in [6, 6.07) is 10.1. The number of morpholine rings is 1. The SMILES string of the molecule is Cc1cn(C)c(C2CN(C(=O)c3cc4ccccc4s3)CCO2)n1. The summed E-state index contributed by atoms with van der Waals surface area (Å²) >= 11 is 1.55. The molecule has 0 spiro atoms. The van der Waals surface area contributed by atoms with E-state index in [9.17, 15) is 4.79 Å². The summed E-state index contributed by atoms with van der Waals surface area (Å²) < 4.78 is 8.98. The fourth-order valence-electron chi connectivity index (χ4n) is 3.17. The van der Waals surface area contributed by atoms with Crippen molar-refractivity contribution < 1.29 is 9.53 Å². The van der Waals surface area contributed by atoms with E-state index in [2.05, 4.69) is 11.1 Å². The van der Waals surface area contributed by atoms with Gasteiger partial charge in [0, 0.05) is 24.5 Å². The van der Waals surface area contributed by atoms with Crippen LogP contribution in [0.25, 0.3) is 10.1 Å². The number of imidazole rings is 1. The summed E-state index contributed by atoms with van der Waals surface area (Å²) in [6.07, 6.45) is 1.81. The molecule has 4 rings (SSSR count). The average molecular weight is 341 g/mol. The summed E-state index contributed by atoms with van der Waals surface area (Å²) in [7, 11) is 1.96. The number of fused-ring (bicyclic) bond motifs is 1. The Morgan fingerprint density at radius 3 is 2.96 bits per heavy atom. The van der Waals surface area contributed by atoms with Gasteiger partial charge in [-0.1, -0.05) is 18.2 Å². The van der Waals surface area contributed by atoms with E-state index in [-0.39, 0.29) is 12.0 Å². The zero-order chi connectivity index (χ0) is 16.7. The smallest absolute Gasteiger partial charge is 0.264 e. The zero-order valence-corrected chi connectivity index (χ0v) is 14.5. The molecular weight excluding hydrogens is 322 g/mol. The molecule has 3 aromatic rings. The molecule has 1 saturated heterocycles. The lowest BCUT2D eigenvalue weighted by Gasteiger charge is -2.32. The minimum atomic E-state index is -0.171. The van der Waals surface area contributed by atoms with Crippen molar-refractivity contribution in [2.45, 2.75) is 13.0 Å². The lowest BCUT2D eigenvalue weighted by atomic mass is 10.2. The van der Waals surface area contributed by atoms with E-state index >= 15 is 0 Å². The Hall–Kier alpha value is -2.18. The zero-order valence-electron chi connectivity index (χ0n) is 13.7. The van der Waals surface area contributed by atoms with Gasteiger partial charge < -0.3 is 14.2 Å². The van der Waals surface area contributed by atoms with Crippen molar-refractivity contribution in [2.75, 3.05) is 19.7 Å². The first kappa shape index (κ1) is 15.4. The standard InChI is InChI=1S/C18H19N3O2S/c1-12-10-20(2)17(19-12)14-11-21(7-8-23-14)18(22)16-9-13-5-3-4-6-15(13)24-16/h3-6,9-10,14H,7-8,11H2,1-2H3. The van der Waals surface area contributed by atoms with Crippen molar-refractivity contribution in [2.24, 2.45) is 7.05 Å². The minimum absolute atomic E-state index is 0.0791. The van der Waals surface area contributed by atoms with Crippen molar-refractivity contribution in [3.05, 3.63) is 52.9 Å². The highest BCUT2D eigenvalue weighted by molar-refractivity contribution is 7.20. The van der Waals surface area contributed by atoms with Crippen LogP contribution < -0.4 is 0 Å². The molecule has 1 aromatic carbocycles. The third-order valence-corrected chi connectivity index (χ3v) is 5.41. The lowest BCUT2D eigenvalue weighted by molar-refractivity contribution is -0.0277. The van der Waals surface area contributed by atoms with Crippen LogP contribution in [0.2, 0.25) is 0 Å². The number of amides is 1. The van der Waals surface area contributed by atoms with Crippen molar-refractivity contribution in [1.29, 1.82) is 0 Å². The number of aryl methyl sites for hydroxylation is 2. The molecule has 0 radical (unpaired) electrons. The molecule has 24 heavy (non-hydrogen) atoms. The van der Waals surface area contributed by atoms with Gasteiger partial charge in [-0.15, -0.1) is 11.3 Å². The molecule has 1 aliphatic heterocycles. The third kappa shape index (κ3) is 2.72. The van der Waals surface area contributed by atoms with Gasteiger partial charge in [0.1, 0.15) is 11.9 Å². The Morgan fingerprint density at radius 1 is 1.38 bits per heavy atom. The van der Waals surface area contributed by atoms with Gasteiger partial charge in [-0.25, -0.2) is 4.98 Å². The number of thiophene rings is 1. The number of carbonyl (C=O) groups is 1. The Labute approximate surface area is 144 Å². The van der Waals surface area contributed by atoms with E-state index < -0.39 is 0 Å². The minimum Gasteiger partial charge on any atom is -0.367 e. The fourth-order valence-corrected chi connectivity index (χ4v) is 4.20. The number of rotatable bonds is 2. The second kappa shape index (κ2) is 6.03.